The van der Waals surface area contributed by atoms with Crippen molar-refractivity contribution in [1.29, 1.82) is 0 Å². The van der Waals surface area contributed by atoms with Gasteiger partial charge < -0.3 is 30.3 Å². The van der Waals surface area contributed by atoms with Crippen LogP contribution in [0.1, 0.15) is 26.5 Å². The number of hydrogen-bond acceptors (Lipinski definition) is 7. The minimum atomic E-state index is -0.703. The van der Waals surface area contributed by atoms with E-state index < -0.39 is 11.8 Å². The Bertz CT molecular complexity index is 1480. The zero-order valence-electron chi connectivity index (χ0n) is 19.8. The van der Waals surface area contributed by atoms with Crippen LogP contribution in [-0.2, 0) is 6.42 Å². The molecule has 0 atom stereocenters. The lowest BCUT2D eigenvalue weighted by molar-refractivity contribution is 0.0997. The van der Waals surface area contributed by atoms with E-state index in [-0.39, 0.29) is 28.0 Å². The third-order valence-corrected chi connectivity index (χ3v) is 5.52. The van der Waals surface area contributed by atoms with Gasteiger partial charge in [0.1, 0.15) is 5.58 Å². The van der Waals surface area contributed by atoms with Crippen LogP contribution >= 0.6 is 0 Å². The van der Waals surface area contributed by atoms with Crippen molar-refractivity contribution in [2.75, 3.05) is 31.4 Å². The fourth-order valence-electron chi connectivity index (χ4n) is 3.69. The molecule has 0 saturated heterocycles. The molecule has 36 heavy (non-hydrogen) atoms. The van der Waals surface area contributed by atoms with Gasteiger partial charge in [0, 0.05) is 17.8 Å². The highest BCUT2D eigenvalue weighted by molar-refractivity contribution is 6.12. The number of anilines is 2. The van der Waals surface area contributed by atoms with E-state index in [0.717, 1.165) is 18.1 Å². The van der Waals surface area contributed by atoms with Crippen molar-refractivity contribution in [3.8, 4) is 11.5 Å². The Hall–Kier alpha value is -4.63. The van der Waals surface area contributed by atoms with Crippen molar-refractivity contribution in [1.82, 2.24) is 0 Å². The van der Waals surface area contributed by atoms with Crippen molar-refractivity contribution in [3.63, 3.8) is 0 Å². The highest BCUT2D eigenvalue weighted by Crippen LogP contribution is 2.34. The molecule has 1 aromatic heterocycles. The lowest BCUT2D eigenvalue weighted by atomic mass is 10.1. The molecule has 0 unspecified atom stereocenters. The number of nitrogens with two attached hydrogens (primary N) is 1. The number of para-hydroxylation sites is 1. The van der Waals surface area contributed by atoms with Crippen LogP contribution in [0.25, 0.3) is 11.0 Å². The van der Waals surface area contributed by atoms with Crippen molar-refractivity contribution >= 4 is 34.2 Å². The normalized spacial score (nSPS) is 10.6. The van der Waals surface area contributed by atoms with Gasteiger partial charge in [0.05, 0.1) is 30.9 Å². The maximum absolute atomic E-state index is 13.2. The van der Waals surface area contributed by atoms with Crippen LogP contribution in [0.3, 0.4) is 0 Å². The smallest absolute Gasteiger partial charge is 0.291 e. The van der Waals surface area contributed by atoms with E-state index in [9.17, 15) is 14.4 Å². The molecule has 0 aliphatic heterocycles. The summed E-state index contributed by atoms with van der Waals surface area (Å²) in [5, 5.41) is 5.83. The number of rotatable bonds is 8. The highest BCUT2D eigenvalue weighted by Gasteiger charge is 2.21. The minimum absolute atomic E-state index is 0.121. The Morgan fingerprint density at radius 1 is 0.889 bits per heavy atom. The first-order chi connectivity index (χ1) is 17.4. The summed E-state index contributed by atoms with van der Waals surface area (Å²) in [6.45, 7) is 0.526. The molecular formula is C27H25N3O6. The van der Waals surface area contributed by atoms with Gasteiger partial charge in [-0.25, -0.2) is 0 Å². The van der Waals surface area contributed by atoms with E-state index in [1.807, 2.05) is 12.1 Å². The standard InChI is InChI=1S/C27H25N3O6/c1-34-23-13-19(26(32)29-17-9-7-16(8-10-17)11-12-28)20(14-24(23)35-2)30-27(33)25-15-21(31)18-5-3-4-6-22(18)36-25/h3-10,13-15H,11-12,28H2,1-2H3,(H,29,32)(H,30,33). The average molecular weight is 488 g/mol. The van der Waals surface area contributed by atoms with Gasteiger partial charge in [-0.1, -0.05) is 24.3 Å². The van der Waals surface area contributed by atoms with Crippen molar-refractivity contribution < 1.29 is 23.5 Å². The molecule has 0 aliphatic carbocycles. The SMILES string of the molecule is COc1cc(NC(=O)c2cc(=O)c3ccccc3o2)c(C(=O)Nc2ccc(CCN)cc2)cc1OC. The second-order valence-corrected chi connectivity index (χ2v) is 7.87. The molecule has 4 aromatic rings. The van der Waals surface area contributed by atoms with E-state index in [4.69, 9.17) is 19.6 Å². The van der Waals surface area contributed by atoms with Gasteiger partial charge in [0.2, 0.25) is 0 Å². The lowest BCUT2D eigenvalue weighted by Gasteiger charge is -2.16. The average Bonchev–Trinajstić information content (AvgIpc) is 2.89. The van der Waals surface area contributed by atoms with Crippen LogP contribution in [0.15, 0.2) is 75.9 Å². The molecule has 0 spiro atoms. The highest BCUT2D eigenvalue weighted by atomic mass is 16.5. The number of hydrogen-bond donors (Lipinski definition) is 3. The maximum Gasteiger partial charge on any atom is 0.291 e. The summed E-state index contributed by atoms with van der Waals surface area (Å²) in [4.78, 5) is 38.7. The number of amides is 2. The molecule has 0 bridgehead atoms. The third kappa shape index (κ3) is 5.21. The maximum atomic E-state index is 13.2. The largest absolute Gasteiger partial charge is 0.493 e. The fourth-order valence-corrected chi connectivity index (χ4v) is 3.69. The van der Waals surface area contributed by atoms with Gasteiger partial charge in [-0.05, 0) is 48.9 Å². The number of ether oxygens (including phenoxy) is 2. The van der Waals surface area contributed by atoms with E-state index >= 15 is 0 Å². The number of methoxy groups -OCH3 is 2. The summed E-state index contributed by atoms with van der Waals surface area (Å²) < 4.78 is 16.3. The Morgan fingerprint density at radius 3 is 2.28 bits per heavy atom. The number of nitrogens with one attached hydrogen (secondary N) is 2. The Kier molecular flexibility index (Phi) is 7.31. The molecule has 184 valence electrons. The summed E-state index contributed by atoms with van der Waals surface area (Å²) >= 11 is 0. The van der Waals surface area contributed by atoms with Crippen LogP contribution < -0.4 is 31.3 Å². The predicted molar refractivity (Wildman–Crippen MR) is 137 cm³/mol. The zero-order chi connectivity index (χ0) is 25.7. The number of benzene rings is 3. The molecule has 4 rings (SSSR count). The predicted octanol–water partition coefficient (Wildman–Crippen LogP) is 3.82. The summed E-state index contributed by atoms with van der Waals surface area (Å²) in [6, 6.07) is 18.0. The first-order valence-corrected chi connectivity index (χ1v) is 11.1. The molecule has 0 saturated carbocycles. The summed E-state index contributed by atoms with van der Waals surface area (Å²) in [7, 11) is 2.88. The van der Waals surface area contributed by atoms with Crippen molar-refractivity contribution in [3.05, 3.63) is 93.8 Å². The monoisotopic (exact) mass is 487 g/mol. The quantitative estimate of drug-likeness (QED) is 0.344. The Morgan fingerprint density at radius 2 is 1.58 bits per heavy atom. The first-order valence-electron chi connectivity index (χ1n) is 11.1. The Balaban J connectivity index is 1.67. The second kappa shape index (κ2) is 10.7. The van der Waals surface area contributed by atoms with Gasteiger partial charge >= 0.3 is 0 Å². The van der Waals surface area contributed by atoms with Gasteiger partial charge in [-0.2, -0.15) is 0 Å². The van der Waals surface area contributed by atoms with Crippen LogP contribution in [-0.4, -0.2) is 32.6 Å². The zero-order valence-corrected chi connectivity index (χ0v) is 19.8. The van der Waals surface area contributed by atoms with Gasteiger partial charge in [-0.3, -0.25) is 14.4 Å². The second-order valence-electron chi connectivity index (χ2n) is 7.87. The number of fused-ring (bicyclic) bond motifs is 1. The molecule has 0 aliphatic rings. The molecule has 9 heteroatoms. The van der Waals surface area contributed by atoms with Crippen LogP contribution in [0.2, 0.25) is 0 Å². The van der Waals surface area contributed by atoms with Gasteiger partial charge in [0.15, 0.2) is 22.7 Å². The van der Waals surface area contributed by atoms with Crippen molar-refractivity contribution in [2.45, 2.75) is 6.42 Å². The molecular weight excluding hydrogens is 462 g/mol. The molecule has 0 radical (unpaired) electrons. The van der Waals surface area contributed by atoms with Crippen LogP contribution in [0, 0.1) is 0 Å². The fraction of sp³-hybridized carbons (Fsp3) is 0.148. The molecule has 4 N–H and O–H groups in total. The van der Waals surface area contributed by atoms with Gasteiger partial charge in [0.25, 0.3) is 11.8 Å². The third-order valence-electron chi connectivity index (χ3n) is 5.52. The van der Waals surface area contributed by atoms with E-state index in [2.05, 4.69) is 10.6 Å². The summed E-state index contributed by atoms with van der Waals surface area (Å²) in [5.74, 6) is -0.787. The van der Waals surface area contributed by atoms with Crippen LogP contribution in [0.5, 0.6) is 11.5 Å². The molecule has 1 heterocycles. The van der Waals surface area contributed by atoms with E-state index in [0.29, 0.717) is 29.1 Å². The summed E-state index contributed by atoms with van der Waals surface area (Å²) in [6.07, 6.45) is 0.727. The van der Waals surface area contributed by atoms with Crippen molar-refractivity contribution in [2.24, 2.45) is 5.73 Å². The van der Waals surface area contributed by atoms with E-state index in [1.54, 1.807) is 36.4 Å². The summed E-state index contributed by atoms with van der Waals surface area (Å²) in [5.41, 5.74) is 7.39. The van der Waals surface area contributed by atoms with Gasteiger partial charge in [-0.15, -0.1) is 0 Å². The first kappa shape index (κ1) is 24.5. The molecule has 3 aromatic carbocycles. The Labute approximate surface area is 206 Å². The number of carbonyl (C=O) groups excluding carboxylic acids is 2. The van der Waals surface area contributed by atoms with E-state index in [1.165, 1.54) is 26.4 Å². The molecule has 0 fully saturated rings. The topological polar surface area (TPSA) is 133 Å². The number of carbonyl (C=O) groups is 2. The molecule has 2 amide bonds. The minimum Gasteiger partial charge on any atom is -0.493 e. The van der Waals surface area contributed by atoms with Crippen LogP contribution in [0.4, 0.5) is 11.4 Å². The lowest BCUT2D eigenvalue weighted by Crippen LogP contribution is -2.19. The molecule has 9 nitrogen and oxygen atoms in total.